The number of rotatable bonds is 8. The molecule has 7 nitrogen and oxygen atoms in total. The van der Waals surface area contributed by atoms with E-state index >= 15 is 0 Å². The molecular formula is C20H31FIN5O2. The molecule has 2 aliphatic rings. The van der Waals surface area contributed by atoms with Crippen LogP contribution in [0.4, 0.5) is 10.1 Å². The zero-order valence-corrected chi connectivity index (χ0v) is 19.2. The van der Waals surface area contributed by atoms with Gasteiger partial charge in [-0.3, -0.25) is 4.79 Å². The Morgan fingerprint density at radius 1 is 1.21 bits per heavy atom. The third kappa shape index (κ3) is 7.61. The third-order valence-electron chi connectivity index (χ3n) is 4.79. The lowest BCUT2D eigenvalue weighted by Crippen LogP contribution is -2.41. The maximum Gasteiger partial charge on any atom is 0.223 e. The zero-order chi connectivity index (χ0) is 19.8. The van der Waals surface area contributed by atoms with E-state index in [9.17, 15) is 9.18 Å². The second kappa shape index (κ2) is 12.2. The van der Waals surface area contributed by atoms with E-state index in [2.05, 4.69) is 20.9 Å². The topological polar surface area (TPSA) is 78.0 Å². The average molecular weight is 519 g/mol. The van der Waals surface area contributed by atoms with Gasteiger partial charge in [-0.15, -0.1) is 24.0 Å². The first-order valence-corrected chi connectivity index (χ1v) is 10.1. The van der Waals surface area contributed by atoms with Crippen molar-refractivity contribution in [1.29, 1.82) is 0 Å². The van der Waals surface area contributed by atoms with Crippen molar-refractivity contribution >= 4 is 41.5 Å². The van der Waals surface area contributed by atoms with Gasteiger partial charge in [0.25, 0.3) is 0 Å². The molecule has 0 aromatic heterocycles. The predicted molar refractivity (Wildman–Crippen MR) is 123 cm³/mol. The second-order valence-electron chi connectivity index (χ2n) is 7.07. The number of aliphatic imine (C=N–C) groups is 1. The number of guanidine groups is 1. The smallest absolute Gasteiger partial charge is 0.223 e. The van der Waals surface area contributed by atoms with Gasteiger partial charge in [0.2, 0.25) is 5.91 Å². The summed E-state index contributed by atoms with van der Waals surface area (Å²) in [6, 6.07) is 5.28. The summed E-state index contributed by atoms with van der Waals surface area (Å²) in [7, 11) is 0. The molecule has 0 unspecified atom stereocenters. The Morgan fingerprint density at radius 3 is 2.59 bits per heavy atom. The Balaban J connectivity index is 0.00000300. The van der Waals surface area contributed by atoms with E-state index in [4.69, 9.17) is 4.74 Å². The van der Waals surface area contributed by atoms with Crippen LogP contribution < -0.4 is 20.9 Å². The molecule has 1 saturated carbocycles. The molecule has 29 heavy (non-hydrogen) atoms. The van der Waals surface area contributed by atoms with Crippen molar-refractivity contribution in [2.24, 2.45) is 10.9 Å². The van der Waals surface area contributed by atoms with Crippen LogP contribution in [0.5, 0.6) is 0 Å². The zero-order valence-electron chi connectivity index (χ0n) is 16.9. The highest BCUT2D eigenvalue weighted by Crippen LogP contribution is 2.28. The van der Waals surface area contributed by atoms with Crippen LogP contribution in [0.1, 0.15) is 25.3 Å². The van der Waals surface area contributed by atoms with Gasteiger partial charge in [0.05, 0.1) is 25.4 Å². The van der Waals surface area contributed by atoms with Gasteiger partial charge >= 0.3 is 0 Å². The molecule has 0 atom stereocenters. The molecule has 162 valence electrons. The Labute approximate surface area is 188 Å². The molecule has 1 heterocycles. The highest BCUT2D eigenvalue weighted by Gasteiger charge is 2.28. The Bertz CT molecular complexity index is 693. The fourth-order valence-corrected chi connectivity index (χ4v) is 3.08. The Morgan fingerprint density at radius 2 is 1.93 bits per heavy atom. The van der Waals surface area contributed by atoms with Crippen LogP contribution in [-0.2, 0) is 16.1 Å². The molecule has 1 aliphatic carbocycles. The summed E-state index contributed by atoms with van der Waals surface area (Å²) in [6.07, 6.45) is 2.01. The maximum absolute atomic E-state index is 14.5. The van der Waals surface area contributed by atoms with Crippen LogP contribution >= 0.6 is 24.0 Å². The van der Waals surface area contributed by atoms with Crippen molar-refractivity contribution in [3.63, 3.8) is 0 Å². The van der Waals surface area contributed by atoms with Crippen LogP contribution in [-0.4, -0.2) is 57.8 Å². The number of nitrogens with one attached hydrogen (secondary N) is 3. The van der Waals surface area contributed by atoms with Gasteiger partial charge in [-0.1, -0.05) is 6.07 Å². The van der Waals surface area contributed by atoms with Crippen molar-refractivity contribution in [1.82, 2.24) is 16.0 Å². The molecule has 1 aromatic rings. The number of amides is 1. The monoisotopic (exact) mass is 519 g/mol. The van der Waals surface area contributed by atoms with E-state index in [1.165, 1.54) is 0 Å². The molecule has 2 fully saturated rings. The lowest BCUT2D eigenvalue weighted by Gasteiger charge is -2.29. The standard InChI is InChI=1S/C20H30FN5O2.HI/c1-2-22-20(24-8-7-23-19(27)16-4-5-16)25-14-15-3-6-18(17(21)13-15)26-9-11-28-12-10-26;/h3,6,13,16H,2,4-5,7-12,14H2,1H3,(H,23,27)(H2,22,24,25);1H. The lowest BCUT2D eigenvalue weighted by atomic mass is 10.1. The maximum atomic E-state index is 14.5. The number of halogens is 2. The minimum atomic E-state index is -0.227. The van der Waals surface area contributed by atoms with Crippen molar-refractivity contribution in [2.45, 2.75) is 26.3 Å². The molecular weight excluding hydrogens is 488 g/mol. The van der Waals surface area contributed by atoms with Crippen LogP contribution in [0.2, 0.25) is 0 Å². The first-order valence-electron chi connectivity index (χ1n) is 10.1. The van der Waals surface area contributed by atoms with Crippen molar-refractivity contribution in [3.05, 3.63) is 29.6 Å². The molecule has 3 rings (SSSR count). The largest absolute Gasteiger partial charge is 0.378 e. The number of morpholine rings is 1. The summed E-state index contributed by atoms with van der Waals surface area (Å²) < 4.78 is 19.8. The average Bonchev–Trinajstić information content (AvgIpc) is 3.55. The highest BCUT2D eigenvalue weighted by molar-refractivity contribution is 14.0. The molecule has 1 aliphatic heterocycles. The lowest BCUT2D eigenvalue weighted by molar-refractivity contribution is -0.122. The van der Waals surface area contributed by atoms with Gasteiger partial charge in [-0.2, -0.15) is 0 Å². The molecule has 1 saturated heterocycles. The first-order chi connectivity index (χ1) is 13.7. The molecule has 1 amide bonds. The van der Waals surface area contributed by atoms with Gasteiger partial charge in [0.1, 0.15) is 5.82 Å². The number of anilines is 1. The quantitative estimate of drug-likeness (QED) is 0.212. The summed E-state index contributed by atoms with van der Waals surface area (Å²) in [6.45, 7) is 6.92. The molecule has 0 spiro atoms. The number of nitrogens with zero attached hydrogens (tertiary/aromatic N) is 2. The number of hydrogen-bond acceptors (Lipinski definition) is 4. The minimum Gasteiger partial charge on any atom is -0.378 e. The number of ether oxygens (including phenoxy) is 1. The fraction of sp³-hybridized carbons (Fsp3) is 0.600. The van der Waals surface area contributed by atoms with Gasteiger partial charge in [-0.05, 0) is 37.5 Å². The molecule has 0 bridgehead atoms. The van der Waals surface area contributed by atoms with E-state index in [1.807, 2.05) is 24.0 Å². The Kier molecular flexibility index (Phi) is 9.92. The summed E-state index contributed by atoms with van der Waals surface area (Å²) in [5, 5.41) is 9.27. The number of hydrogen-bond donors (Lipinski definition) is 3. The summed E-state index contributed by atoms with van der Waals surface area (Å²) >= 11 is 0. The summed E-state index contributed by atoms with van der Waals surface area (Å²) in [5.41, 5.74) is 1.43. The number of carbonyl (C=O) groups excluding carboxylic acids is 1. The predicted octanol–water partition coefficient (Wildman–Crippen LogP) is 1.86. The van der Waals surface area contributed by atoms with E-state index < -0.39 is 0 Å². The van der Waals surface area contributed by atoms with E-state index in [1.54, 1.807) is 6.07 Å². The molecule has 1 aromatic carbocycles. The van der Waals surface area contributed by atoms with Crippen molar-refractivity contribution in [3.8, 4) is 0 Å². The van der Waals surface area contributed by atoms with Crippen molar-refractivity contribution < 1.29 is 13.9 Å². The number of benzene rings is 1. The van der Waals surface area contributed by atoms with Gasteiger partial charge in [-0.25, -0.2) is 9.38 Å². The van der Waals surface area contributed by atoms with Crippen molar-refractivity contribution in [2.75, 3.05) is 50.8 Å². The molecule has 9 heteroatoms. The molecule has 3 N–H and O–H groups in total. The summed E-state index contributed by atoms with van der Waals surface area (Å²) in [4.78, 5) is 18.1. The Hall–Kier alpha value is -1.62. The summed E-state index contributed by atoms with van der Waals surface area (Å²) in [5.74, 6) is 0.785. The second-order valence-corrected chi connectivity index (χ2v) is 7.07. The van der Waals surface area contributed by atoms with E-state index in [0.29, 0.717) is 57.6 Å². The minimum absolute atomic E-state index is 0. The van der Waals surface area contributed by atoms with Crippen LogP contribution in [0, 0.1) is 11.7 Å². The normalized spacial score (nSPS) is 16.8. The van der Waals surface area contributed by atoms with Crippen LogP contribution in [0.15, 0.2) is 23.2 Å². The van der Waals surface area contributed by atoms with Gasteiger partial charge in [0.15, 0.2) is 5.96 Å². The van der Waals surface area contributed by atoms with Crippen LogP contribution in [0.25, 0.3) is 0 Å². The fourth-order valence-electron chi connectivity index (χ4n) is 3.08. The van der Waals surface area contributed by atoms with Crippen LogP contribution in [0.3, 0.4) is 0 Å². The first kappa shape index (κ1) is 23.7. The molecule has 0 radical (unpaired) electrons. The van der Waals surface area contributed by atoms with E-state index in [-0.39, 0.29) is 41.6 Å². The number of carbonyl (C=O) groups is 1. The highest BCUT2D eigenvalue weighted by atomic mass is 127. The van der Waals surface area contributed by atoms with Gasteiger partial charge in [0, 0.05) is 38.6 Å². The third-order valence-corrected chi connectivity index (χ3v) is 4.79. The van der Waals surface area contributed by atoms with Gasteiger partial charge < -0.3 is 25.6 Å². The van der Waals surface area contributed by atoms with E-state index in [0.717, 1.165) is 24.9 Å². The SMILES string of the molecule is CCNC(=NCc1ccc(N2CCOCC2)c(F)c1)NCCNC(=O)C1CC1.I.